The lowest BCUT2D eigenvalue weighted by molar-refractivity contribution is -0.385. The maximum absolute atomic E-state index is 14.0. The first-order valence-electron chi connectivity index (χ1n) is 9.46. The standard InChI is InChI=1S/C22H15FN4O5S/c1-31-19-8-6-12(10-17(19)27(29)30)20(28)26-22(33)24-13-7-9-18-16(11-13)25-21(32-18)14-4-2-3-5-15(14)23/h2-11H,1H3,(H2,24,26,28,33). The Kier molecular flexibility index (Phi) is 5.96. The number of hydrogen-bond donors (Lipinski definition) is 2. The molecule has 0 bridgehead atoms. The second-order valence-corrected chi connectivity index (χ2v) is 7.14. The molecule has 4 aromatic rings. The van der Waals surface area contributed by atoms with Gasteiger partial charge in [-0.25, -0.2) is 9.37 Å². The Balaban J connectivity index is 1.49. The van der Waals surface area contributed by atoms with E-state index in [9.17, 15) is 19.3 Å². The molecule has 166 valence electrons. The van der Waals surface area contributed by atoms with Crippen LogP contribution in [0, 0.1) is 15.9 Å². The minimum absolute atomic E-state index is 0.0318. The van der Waals surface area contributed by atoms with Crippen LogP contribution in [-0.2, 0) is 0 Å². The lowest BCUT2D eigenvalue weighted by Gasteiger charge is -2.10. The third kappa shape index (κ3) is 4.62. The summed E-state index contributed by atoms with van der Waals surface area (Å²) in [5.41, 5.74) is 1.33. The van der Waals surface area contributed by atoms with E-state index in [-0.39, 0.29) is 33.6 Å². The molecular formula is C22H15FN4O5S. The number of hydrogen-bond acceptors (Lipinski definition) is 7. The molecule has 0 atom stereocenters. The predicted molar refractivity (Wildman–Crippen MR) is 123 cm³/mol. The van der Waals surface area contributed by atoms with E-state index in [0.717, 1.165) is 6.07 Å². The van der Waals surface area contributed by atoms with Crippen molar-refractivity contribution in [1.82, 2.24) is 10.3 Å². The summed E-state index contributed by atoms with van der Waals surface area (Å²) in [4.78, 5) is 27.3. The van der Waals surface area contributed by atoms with Gasteiger partial charge in [0.05, 0.1) is 17.6 Å². The number of ether oxygens (including phenoxy) is 1. The van der Waals surface area contributed by atoms with Crippen molar-refractivity contribution in [2.24, 2.45) is 0 Å². The lowest BCUT2D eigenvalue weighted by atomic mass is 10.1. The number of nitrogens with one attached hydrogen (secondary N) is 2. The Morgan fingerprint density at radius 1 is 1.18 bits per heavy atom. The van der Waals surface area contributed by atoms with Gasteiger partial charge in [-0.2, -0.15) is 0 Å². The largest absolute Gasteiger partial charge is 0.490 e. The fourth-order valence-electron chi connectivity index (χ4n) is 3.07. The number of amides is 1. The molecule has 3 aromatic carbocycles. The molecule has 0 saturated carbocycles. The topological polar surface area (TPSA) is 120 Å². The van der Waals surface area contributed by atoms with Crippen LogP contribution in [0.5, 0.6) is 5.75 Å². The molecule has 0 aliphatic carbocycles. The Morgan fingerprint density at radius 2 is 1.97 bits per heavy atom. The smallest absolute Gasteiger partial charge is 0.311 e. The van der Waals surface area contributed by atoms with Crippen LogP contribution in [0.1, 0.15) is 10.4 Å². The highest BCUT2D eigenvalue weighted by atomic mass is 32.1. The van der Waals surface area contributed by atoms with Gasteiger partial charge >= 0.3 is 5.69 Å². The zero-order chi connectivity index (χ0) is 23.5. The van der Waals surface area contributed by atoms with Crippen LogP contribution in [0.3, 0.4) is 0 Å². The van der Waals surface area contributed by atoms with Crippen LogP contribution in [0.25, 0.3) is 22.6 Å². The highest BCUT2D eigenvalue weighted by Gasteiger charge is 2.19. The third-order valence-electron chi connectivity index (χ3n) is 4.61. The number of thiocarbonyl (C=S) groups is 1. The van der Waals surface area contributed by atoms with Crippen LogP contribution < -0.4 is 15.4 Å². The molecule has 0 radical (unpaired) electrons. The summed E-state index contributed by atoms with van der Waals surface area (Å²) < 4.78 is 24.6. The minimum Gasteiger partial charge on any atom is -0.490 e. The molecule has 9 nitrogen and oxygen atoms in total. The van der Waals surface area contributed by atoms with Crippen LogP contribution >= 0.6 is 12.2 Å². The van der Waals surface area contributed by atoms with Crippen molar-refractivity contribution in [2.45, 2.75) is 0 Å². The zero-order valence-corrected chi connectivity index (χ0v) is 17.8. The number of nitrogens with zero attached hydrogens (tertiary/aromatic N) is 2. The SMILES string of the molecule is COc1ccc(C(=O)NC(=S)Nc2ccc3oc(-c4ccccc4F)nc3c2)cc1[N+](=O)[O-]. The molecule has 0 unspecified atom stereocenters. The first-order valence-corrected chi connectivity index (χ1v) is 9.87. The van der Waals surface area contributed by atoms with Gasteiger partial charge < -0.3 is 14.5 Å². The Morgan fingerprint density at radius 3 is 2.70 bits per heavy atom. The van der Waals surface area contributed by atoms with Gasteiger partial charge in [0.15, 0.2) is 16.4 Å². The number of carbonyl (C=O) groups is 1. The Bertz CT molecular complexity index is 1400. The van der Waals surface area contributed by atoms with Crippen molar-refractivity contribution in [3.05, 3.63) is 82.2 Å². The summed E-state index contributed by atoms with van der Waals surface area (Å²) in [7, 11) is 1.30. The number of carbonyl (C=O) groups excluding carboxylic acids is 1. The second-order valence-electron chi connectivity index (χ2n) is 6.73. The van der Waals surface area contributed by atoms with E-state index in [2.05, 4.69) is 15.6 Å². The zero-order valence-electron chi connectivity index (χ0n) is 17.0. The summed E-state index contributed by atoms with van der Waals surface area (Å²) >= 11 is 5.17. The number of methoxy groups -OCH3 is 1. The van der Waals surface area contributed by atoms with Gasteiger partial charge in [0.2, 0.25) is 5.89 Å². The Labute approximate surface area is 191 Å². The second kappa shape index (κ2) is 9.01. The number of rotatable bonds is 5. The molecule has 0 saturated heterocycles. The monoisotopic (exact) mass is 466 g/mol. The number of halogens is 1. The van der Waals surface area contributed by atoms with Crippen LogP contribution in [0.15, 0.2) is 65.1 Å². The molecule has 0 aliphatic heterocycles. The summed E-state index contributed by atoms with van der Waals surface area (Å²) in [5.74, 6) is -0.919. The molecule has 1 amide bonds. The van der Waals surface area contributed by atoms with E-state index in [4.69, 9.17) is 21.4 Å². The maximum atomic E-state index is 14.0. The van der Waals surface area contributed by atoms with E-state index >= 15 is 0 Å². The molecule has 1 aromatic heterocycles. The van der Waals surface area contributed by atoms with Gasteiger partial charge in [0.1, 0.15) is 11.3 Å². The normalized spacial score (nSPS) is 10.6. The Hall–Kier alpha value is -4.38. The van der Waals surface area contributed by atoms with Gasteiger partial charge in [-0.3, -0.25) is 20.2 Å². The van der Waals surface area contributed by atoms with Crippen LogP contribution in [0.2, 0.25) is 0 Å². The van der Waals surface area contributed by atoms with Crippen molar-refractivity contribution >= 4 is 45.7 Å². The van der Waals surface area contributed by atoms with Gasteiger partial charge in [-0.05, 0) is 54.7 Å². The third-order valence-corrected chi connectivity index (χ3v) is 4.82. The van der Waals surface area contributed by atoms with Crippen LogP contribution in [-0.4, -0.2) is 28.0 Å². The summed E-state index contributed by atoms with van der Waals surface area (Å²) in [6.07, 6.45) is 0. The van der Waals surface area contributed by atoms with Crippen LogP contribution in [0.4, 0.5) is 15.8 Å². The molecule has 33 heavy (non-hydrogen) atoms. The van der Waals surface area contributed by atoms with Crippen molar-refractivity contribution in [3.8, 4) is 17.2 Å². The van der Waals surface area contributed by atoms with Gasteiger partial charge in [0.25, 0.3) is 5.91 Å². The molecule has 1 heterocycles. The van der Waals surface area contributed by atoms with E-state index in [1.807, 2.05) is 0 Å². The fraction of sp³-hybridized carbons (Fsp3) is 0.0455. The van der Waals surface area contributed by atoms with Gasteiger partial charge in [-0.15, -0.1) is 0 Å². The van der Waals surface area contributed by atoms with Gasteiger partial charge in [-0.1, -0.05) is 12.1 Å². The molecule has 0 fully saturated rings. The molecule has 4 rings (SSSR count). The number of fused-ring (bicyclic) bond motifs is 1. The average Bonchev–Trinajstić information content (AvgIpc) is 3.21. The maximum Gasteiger partial charge on any atom is 0.311 e. The van der Waals surface area contributed by atoms with Crippen molar-refractivity contribution < 1.29 is 23.3 Å². The first-order chi connectivity index (χ1) is 15.9. The minimum atomic E-state index is -0.644. The highest BCUT2D eigenvalue weighted by molar-refractivity contribution is 7.80. The molecule has 11 heteroatoms. The average molecular weight is 466 g/mol. The van der Waals surface area contributed by atoms with E-state index < -0.39 is 16.6 Å². The van der Waals surface area contributed by atoms with Crippen molar-refractivity contribution in [1.29, 1.82) is 0 Å². The van der Waals surface area contributed by atoms with E-state index in [1.54, 1.807) is 36.4 Å². The quantitative estimate of drug-likeness (QED) is 0.247. The first kappa shape index (κ1) is 21.8. The summed E-state index contributed by atoms with van der Waals surface area (Å²) in [6, 6.07) is 14.8. The number of nitro groups is 1. The molecular weight excluding hydrogens is 451 g/mol. The lowest BCUT2D eigenvalue weighted by Crippen LogP contribution is -2.34. The summed E-state index contributed by atoms with van der Waals surface area (Å²) in [6.45, 7) is 0. The predicted octanol–water partition coefficient (Wildman–Crippen LogP) is 4.68. The number of oxazole rings is 1. The van der Waals surface area contributed by atoms with E-state index in [0.29, 0.717) is 16.8 Å². The molecule has 0 spiro atoms. The van der Waals surface area contributed by atoms with Gasteiger partial charge in [0, 0.05) is 17.3 Å². The molecule has 2 N–H and O–H groups in total. The number of anilines is 1. The van der Waals surface area contributed by atoms with Crippen molar-refractivity contribution in [3.63, 3.8) is 0 Å². The number of benzene rings is 3. The summed E-state index contributed by atoms with van der Waals surface area (Å²) in [5, 5.41) is 16.4. The number of aromatic nitrogens is 1. The number of nitro benzene ring substituents is 1. The van der Waals surface area contributed by atoms with Crippen molar-refractivity contribution in [2.75, 3.05) is 12.4 Å². The van der Waals surface area contributed by atoms with E-state index in [1.165, 1.54) is 25.3 Å². The fourth-order valence-corrected chi connectivity index (χ4v) is 3.28. The highest BCUT2D eigenvalue weighted by Crippen LogP contribution is 2.29. The molecule has 0 aliphatic rings.